The zero-order valence-corrected chi connectivity index (χ0v) is 33.6. The summed E-state index contributed by atoms with van der Waals surface area (Å²) < 4.78 is 17.0. The molecule has 0 aliphatic carbocycles. The van der Waals surface area contributed by atoms with E-state index in [2.05, 4.69) is 66.6 Å². The summed E-state index contributed by atoms with van der Waals surface area (Å²) in [6.45, 7) is 15.5. The summed E-state index contributed by atoms with van der Waals surface area (Å²) in [5.74, 6) is 2.04. The quantitative estimate of drug-likeness (QED) is 0.202. The maximum atomic E-state index is 13.9. The second kappa shape index (κ2) is 14.3. The molecule has 5 atom stereocenters. The van der Waals surface area contributed by atoms with E-state index in [9.17, 15) is 14.4 Å². The normalized spacial score (nSPS) is 22.0. The van der Waals surface area contributed by atoms with E-state index in [0.29, 0.717) is 38.0 Å². The number of carbonyl (C=O) groups is 3. The number of hydrogen-bond acceptors (Lipinski definition) is 8. The molecule has 1 aromatic heterocycles. The summed E-state index contributed by atoms with van der Waals surface area (Å²) in [6, 6.07) is 14.0. The number of likely N-dealkylation sites (tertiary alicyclic amines) is 2. The minimum Gasteiger partial charge on any atom is -0.488 e. The average molecular weight is 761 g/mol. The van der Waals surface area contributed by atoms with Gasteiger partial charge in [-0.3, -0.25) is 14.7 Å². The van der Waals surface area contributed by atoms with Gasteiger partial charge in [0.15, 0.2) is 0 Å². The predicted octanol–water partition coefficient (Wildman–Crippen LogP) is 8.35. The van der Waals surface area contributed by atoms with Crippen molar-refractivity contribution in [1.29, 1.82) is 0 Å². The summed E-state index contributed by atoms with van der Waals surface area (Å²) in [5, 5.41) is 4.96. The fourth-order valence-corrected chi connectivity index (χ4v) is 8.85. The van der Waals surface area contributed by atoms with Crippen molar-refractivity contribution < 1.29 is 28.6 Å². The van der Waals surface area contributed by atoms with Crippen LogP contribution in [0.3, 0.4) is 0 Å². The van der Waals surface area contributed by atoms with Gasteiger partial charge < -0.3 is 29.4 Å². The third-order valence-electron chi connectivity index (χ3n) is 11.5. The molecule has 4 aromatic rings. The van der Waals surface area contributed by atoms with E-state index in [1.807, 2.05) is 45.7 Å². The van der Waals surface area contributed by atoms with Crippen molar-refractivity contribution in [2.45, 2.75) is 98.1 Å². The van der Waals surface area contributed by atoms with Crippen LogP contribution in [0.4, 0.5) is 15.3 Å². The number of rotatable bonds is 6. The van der Waals surface area contributed by atoms with E-state index in [0.717, 1.165) is 80.1 Å². The van der Waals surface area contributed by atoms with Gasteiger partial charge in [-0.1, -0.05) is 45.9 Å². The van der Waals surface area contributed by atoms with Gasteiger partial charge in [-0.2, -0.15) is 0 Å². The molecule has 0 bridgehead atoms. The number of methoxy groups -OCH3 is 1. The molecular weight excluding hydrogens is 709 g/mol. The Labute approximate surface area is 328 Å². The zero-order valence-electron chi connectivity index (χ0n) is 33.6. The fraction of sp³-hybridized carbons (Fsp3) is 0.477. The highest BCUT2D eigenvalue weighted by atomic mass is 16.6. The van der Waals surface area contributed by atoms with Crippen LogP contribution in [0, 0.1) is 17.8 Å². The predicted molar refractivity (Wildman–Crippen MR) is 215 cm³/mol. The van der Waals surface area contributed by atoms with Crippen molar-refractivity contribution in [2.24, 2.45) is 22.7 Å². The van der Waals surface area contributed by atoms with E-state index in [4.69, 9.17) is 24.2 Å². The van der Waals surface area contributed by atoms with Crippen LogP contribution >= 0.6 is 0 Å². The summed E-state index contributed by atoms with van der Waals surface area (Å²) in [4.78, 5) is 56.2. The molecule has 12 heteroatoms. The molecule has 3 aromatic carbocycles. The number of aliphatic imine (C=N–C) groups is 1. The van der Waals surface area contributed by atoms with Gasteiger partial charge in [0.25, 0.3) is 0 Å². The van der Waals surface area contributed by atoms with E-state index in [1.54, 1.807) is 4.90 Å². The highest BCUT2D eigenvalue weighted by Gasteiger charge is 2.42. The zero-order chi connectivity index (χ0) is 39.6. The molecule has 56 heavy (non-hydrogen) atoms. The van der Waals surface area contributed by atoms with Crippen LogP contribution in [-0.4, -0.2) is 81.5 Å². The minimum atomic E-state index is -0.683. The number of nitrogens with zero attached hydrogens (tertiary/aromatic N) is 4. The molecule has 2 fully saturated rings. The number of hydrogen-bond donors (Lipinski definition) is 2. The Hall–Kier alpha value is -5.39. The van der Waals surface area contributed by atoms with Crippen molar-refractivity contribution in [3.05, 3.63) is 65.6 Å². The number of aromatic nitrogens is 2. The Morgan fingerprint density at radius 3 is 2.45 bits per heavy atom. The molecule has 4 aliphatic rings. The molecule has 2 N–H and O–H groups in total. The Morgan fingerprint density at radius 2 is 1.71 bits per heavy atom. The van der Waals surface area contributed by atoms with Crippen molar-refractivity contribution in [2.75, 3.05) is 20.2 Å². The Bertz CT molecular complexity index is 2250. The molecule has 12 nitrogen and oxygen atoms in total. The van der Waals surface area contributed by atoms with Crippen LogP contribution in [0.5, 0.6) is 5.75 Å². The van der Waals surface area contributed by atoms with E-state index < -0.39 is 17.7 Å². The third kappa shape index (κ3) is 6.98. The Morgan fingerprint density at radius 1 is 0.964 bits per heavy atom. The fourth-order valence-electron chi connectivity index (χ4n) is 8.85. The molecule has 4 aliphatic heterocycles. The maximum absolute atomic E-state index is 13.9. The number of ether oxygens (including phenoxy) is 3. The molecule has 0 unspecified atom stereocenters. The average Bonchev–Trinajstić information content (AvgIpc) is 3.97. The first-order chi connectivity index (χ1) is 26.7. The number of H-pyrrole nitrogens is 1. The number of fused-ring (bicyclic) bond motifs is 6. The third-order valence-corrected chi connectivity index (χ3v) is 11.5. The molecule has 2 saturated heterocycles. The first-order valence-electron chi connectivity index (χ1n) is 19.8. The molecule has 294 valence electrons. The Kier molecular flexibility index (Phi) is 9.57. The van der Waals surface area contributed by atoms with Gasteiger partial charge in [0.2, 0.25) is 5.91 Å². The monoisotopic (exact) mass is 760 g/mol. The lowest BCUT2D eigenvalue weighted by Gasteiger charge is -2.31. The van der Waals surface area contributed by atoms with Crippen LogP contribution in [0.2, 0.25) is 0 Å². The maximum Gasteiger partial charge on any atom is 0.410 e. The second-order valence-corrected chi connectivity index (χ2v) is 17.4. The van der Waals surface area contributed by atoms with E-state index in [1.165, 1.54) is 7.11 Å². The first kappa shape index (κ1) is 37.5. The lowest BCUT2D eigenvalue weighted by molar-refractivity contribution is -0.134. The van der Waals surface area contributed by atoms with Crippen LogP contribution in [0.25, 0.3) is 33.2 Å². The van der Waals surface area contributed by atoms with Gasteiger partial charge >= 0.3 is 12.2 Å². The molecule has 0 spiro atoms. The number of benzene rings is 3. The Balaban J connectivity index is 1.02. The van der Waals surface area contributed by atoms with Gasteiger partial charge in [0, 0.05) is 30.8 Å². The topological polar surface area (TPSA) is 138 Å². The van der Waals surface area contributed by atoms with Crippen molar-refractivity contribution in [3.8, 4) is 28.1 Å². The van der Waals surface area contributed by atoms with Crippen molar-refractivity contribution in [1.82, 2.24) is 25.1 Å². The lowest BCUT2D eigenvalue weighted by atomic mass is 9.90. The first-order valence-corrected chi connectivity index (χ1v) is 19.8. The number of amides is 3. The molecule has 5 heterocycles. The van der Waals surface area contributed by atoms with Gasteiger partial charge in [0.1, 0.15) is 29.8 Å². The van der Waals surface area contributed by atoms with Crippen LogP contribution in [0.1, 0.15) is 84.3 Å². The van der Waals surface area contributed by atoms with Crippen LogP contribution < -0.4 is 10.1 Å². The number of nitrogens with one attached hydrogen (secondary N) is 2. The van der Waals surface area contributed by atoms with Gasteiger partial charge in [-0.05, 0) is 109 Å². The minimum absolute atomic E-state index is 0.102. The summed E-state index contributed by atoms with van der Waals surface area (Å²) in [7, 11) is 1.31. The number of carbonyl (C=O) groups excluding carboxylic acids is 3. The molecule has 8 rings (SSSR count). The molecular formula is C44H52N6O6. The number of alkyl carbamates (subject to hydrolysis) is 1. The molecule has 3 amide bonds. The SMILES string of the molecule is COC(=O)N[C@H](C(=O)N1C[C@@H](C)C[C@H]1C1=Nc2ccc3cc4c(cc3c2C1)OCc1cc(-c2cnc([C@@H]3C[C@H](C)CN3C(=O)OC(C)(C)C)[nH]2)ccc1-4)C(C)C. The number of aromatic amines is 1. The molecule has 0 radical (unpaired) electrons. The van der Waals surface area contributed by atoms with Crippen molar-refractivity contribution >= 4 is 40.3 Å². The van der Waals surface area contributed by atoms with E-state index in [-0.39, 0.29) is 30.0 Å². The second-order valence-electron chi connectivity index (χ2n) is 17.4. The van der Waals surface area contributed by atoms with E-state index >= 15 is 0 Å². The summed E-state index contributed by atoms with van der Waals surface area (Å²) >= 11 is 0. The van der Waals surface area contributed by atoms with Gasteiger partial charge in [-0.15, -0.1) is 0 Å². The lowest BCUT2D eigenvalue weighted by Crippen LogP contribution is -2.53. The summed E-state index contributed by atoms with van der Waals surface area (Å²) in [5.41, 5.74) is 7.62. The van der Waals surface area contributed by atoms with Crippen LogP contribution in [0.15, 0.2) is 53.7 Å². The number of imidazole rings is 1. The largest absolute Gasteiger partial charge is 0.488 e. The highest BCUT2D eigenvalue weighted by Crippen LogP contribution is 2.45. The van der Waals surface area contributed by atoms with Crippen LogP contribution in [-0.2, 0) is 27.3 Å². The van der Waals surface area contributed by atoms with Crippen molar-refractivity contribution in [3.63, 3.8) is 0 Å². The highest BCUT2D eigenvalue weighted by molar-refractivity contribution is 6.06. The van der Waals surface area contributed by atoms with Gasteiger partial charge in [0.05, 0.1) is 36.8 Å². The smallest absolute Gasteiger partial charge is 0.410 e. The standard InChI is InChI=1S/C44H52N6O6/c1-23(2)39(48-42(52)54-8)41(51)49-20-24(3)13-36(49)34-17-31-30-18-38-32(16-26(30)10-12-33(31)46-34)29-11-9-27(15-28(29)22-55-38)35-19-45-40(47-35)37-14-25(4)21-50(37)43(53)56-44(5,6)7/h9-12,15-16,18-19,23-25,36-37,39H,13-14,17,20-22H2,1-8H3,(H,45,47)(H,48,52)/t24-,25-,36-,37-,39-/m0/s1. The summed E-state index contributed by atoms with van der Waals surface area (Å²) in [6.07, 6.45) is 3.21. The van der Waals surface area contributed by atoms with Gasteiger partial charge in [-0.25, -0.2) is 14.6 Å². The molecule has 0 saturated carbocycles.